The fourth-order valence-electron chi connectivity index (χ4n) is 2.71. The SMILES string of the molecule is CC1=C(C)C(C)C(C)/C1=C\Cn1cc[n+](C)c1. The molecule has 2 heteroatoms. The van der Waals surface area contributed by atoms with Crippen LogP contribution in [0, 0.1) is 11.8 Å². The second-order valence-electron chi connectivity index (χ2n) is 5.32. The highest BCUT2D eigenvalue weighted by Gasteiger charge is 2.27. The van der Waals surface area contributed by atoms with Gasteiger partial charge in [0, 0.05) is 0 Å². The molecule has 2 atom stereocenters. The summed E-state index contributed by atoms with van der Waals surface area (Å²) in [5.74, 6) is 1.36. The lowest BCUT2D eigenvalue weighted by molar-refractivity contribution is -0.671. The molecule has 1 heterocycles. The largest absolute Gasteiger partial charge is 0.243 e. The van der Waals surface area contributed by atoms with Crippen LogP contribution in [0.25, 0.3) is 0 Å². The van der Waals surface area contributed by atoms with Gasteiger partial charge in [-0.25, -0.2) is 9.13 Å². The highest BCUT2D eigenvalue weighted by molar-refractivity contribution is 5.42. The quantitative estimate of drug-likeness (QED) is 0.692. The summed E-state index contributed by atoms with van der Waals surface area (Å²) in [6.45, 7) is 10.2. The number of rotatable bonds is 2. The maximum atomic E-state index is 2.38. The summed E-state index contributed by atoms with van der Waals surface area (Å²) < 4.78 is 4.29. The minimum atomic E-state index is 0.666. The lowest BCUT2D eigenvalue weighted by Crippen LogP contribution is -2.23. The number of imidazole rings is 1. The van der Waals surface area contributed by atoms with E-state index in [9.17, 15) is 0 Å². The Balaban J connectivity index is 2.18. The molecule has 1 aromatic heterocycles. The highest BCUT2D eigenvalue weighted by atomic mass is 15.1. The van der Waals surface area contributed by atoms with Crippen molar-refractivity contribution in [3.63, 3.8) is 0 Å². The fraction of sp³-hybridized carbons (Fsp3) is 0.533. The summed E-state index contributed by atoms with van der Waals surface area (Å²) in [6, 6.07) is 0. The van der Waals surface area contributed by atoms with Crippen LogP contribution >= 0.6 is 0 Å². The van der Waals surface area contributed by atoms with Crippen molar-refractivity contribution in [3.05, 3.63) is 41.5 Å². The number of aromatic nitrogens is 2. The number of hydrogen-bond donors (Lipinski definition) is 0. The predicted octanol–water partition coefficient (Wildman–Crippen LogP) is 2.86. The van der Waals surface area contributed by atoms with Crippen molar-refractivity contribution >= 4 is 0 Å². The molecule has 0 bridgehead atoms. The number of hydrogen-bond acceptors (Lipinski definition) is 0. The van der Waals surface area contributed by atoms with Crippen molar-refractivity contribution in [2.75, 3.05) is 0 Å². The Morgan fingerprint density at radius 3 is 2.47 bits per heavy atom. The van der Waals surface area contributed by atoms with Crippen molar-refractivity contribution in [2.45, 2.75) is 34.2 Å². The Morgan fingerprint density at radius 1 is 1.29 bits per heavy atom. The lowest BCUT2D eigenvalue weighted by Gasteiger charge is -2.12. The first-order valence-corrected chi connectivity index (χ1v) is 6.39. The smallest absolute Gasteiger partial charge is 0.240 e. The van der Waals surface area contributed by atoms with Gasteiger partial charge < -0.3 is 0 Å². The minimum absolute atomic E-state index is 0.666. The lowest BCUT2D eigenvalue weighted by atomic mass is 9.92. The second-order valence-corrected chi connectivity index (χ2v) is 5.32. The van der Waals surface area contributed by atoms with Gasteiger partial charge in [0.15, 0.2) is 0 Å². The average molecular weight is 231 g/mol. The minimum Gasteiger partial charge on any atom is -0.240 e. The fourth-order valence-corrected chi connectivity index (χ4v) is 2.71. The van der Waals surface area contributed by atoms with Crippen LogP contribution in [-0.2, 0) is 13.6 Å². The molecule has 0 saturated heterocycles. The van der Waals surface area contributed by atoms with Crippen molar-refractivity contribution < 1.29 is 4.57 Å². The second kappa shape index (κ2) is 4.52. The van der Waals surface area contributed by atoms with Crippen LogP contribution in [0.5, 0.6) is 0 Å². The van der Waals surface area contributed by atoms with Crippen molar-refractivity contribution in [1.29, 1.82) is 0 Å². The molecule has 2 rings (SSSR count). The molecule has 0 aliphatic heterocycles. The van der Waals surface area contributed by atoms with Crippen LogP contribution in [0.15, 0.2) is 41.5 Å². The van der Waals surface area contributed by atoms with Crippen molar-refractivity contribution in [3.8, 4) is 0 Å². The molecule has 1 aliphatic rings. The van der Waals surface area contributed by atoms with Gasteiger partial charge >= 0.3 is 0 Å². The van der Waals surface area contributed by atoms with Gasteiger partial charge in [0.2, 0.25) is 6.33 Å². The van der Waals surface area contributed by atoms with Crippen LogP contribution in [0.4, 0.5) is 0 Å². The zero-order valence-corrected chi connectivity index (χ0v) is 11.6. The first-order valence-electron chi connectivity index (χ1n) is 6.39. The molecule has 0 N–H and O–H groups in total. The van der Waals surface area contributed by atoms with Gasteiger partial charge in [-0.15, -0.1) is 0 Å². The molecule has 0 aromatic carbocycles. The molecule has 0 fully saturated rings. The molecular formula is C15H23N2+. The zero-order chi connectivity index (χ0) is 12.6. The van der Waals surface area contributed by atoms with Crippen LogP contribution in [0.1, 0.15) is 27.7 Å². The molecule has 0 saturated carbocycles. The van der Waals surface area contributed by atoms with E-state index in [4.69, 9.17) is 0 Å². The first kappa shape index (κ1) is 12.2. The molecule has 0 amide bonds. The van der Waals surface area contributed by atoms with Gasteiger partial charge in [0.1, 0.15) is 18.9 Å². The molecule has 2 unspecified atom stereocenters. The van der Waals surface area contributed by atoms with E-state index in [1.54, 1.807) is 5.57 Å². The van der Waals surface area contributed by atoms with E-state index >= 15 is 0 Å². The normalized spacial score (nSPS) is 27.2. The molecule has 1 aliphatic carbocycles. The maximum Gasteiger partial charge on any atom is 0.243 e. The first-order chi connectivity index (χ1) is 8.00. The third kappa shape index (κ3) is 2.21. The van der Waals surface area contributed by atoms with Gasteiger partial charge in [-0.1, -0.05) is 19.4 Å². The van der Waals surface area contributed by atoms with E-state index < -0.39 is 0 Å². The third-order valence-electron chi connectivity index (χ3n) is 4.29. The summed E-state index contributed by atoms with van der Waals surface area (Å²) in [5.41, 5.74) is 4.59. The number of nitrogens with zero attached hydrogens (tertiary/aromatic N) is 2. The maximum absolute atomic E-state index is 2.38. The number of allylic oxidation sites excluding steroid dienone is 4. The van der Waals surface area contributed by atoms with Gasteiger partial charge in [-0.05, 0) is 42.9 Å². The molecule has 92 valence electrons. The molecule has 1 aromatic rings. The Kier molecular flexibility index (Phi) is 3.23. The van der Waals surface area contributed by atoms with Crippen LogP contribution in [0.3, 0.4) is 0 Å². The molecule has 17 heavy (non-hydrogen) atoms. The van der Waals surface area contributed by atoms with Crippen molar-refractivity contribution in [1.82, 2.24) is 4.57 Å². The van der Waals surface area contributed by atoms with Gasteiger partial charge in [0.25, 0.3) is 0 Å². The Bertz CT molecular complexity index is 477. The average Bonchev–Trinajstić information content (AvgIpc) is 2.78. The van der Waals surface area contributed by atoms with Crippen LogP contribution in [0.2, 0.25) is 0 Å². The van der Waals surface area contributed by atoms with E-state index in [0.717, 1.165) is 6.54 Å². The van der Waals surface area contributed by atoms with E-state index in [2.05, 4.69) is 68.7 Å². The summed E-state index contributed by atoms with van der Waals surface area (Å²) in [4.78, 5) is 0. The van der Waals surface area contributed by atoms with Gasteiger partial charge in [-0.3, -0.25) is 0 Å². The number of aryl methyl sites for hydroxylation is 1. The monoisotopic (exact) mass is 231 g/mol. The van der Waals surface area contributed by atoms with E-state index in [1.165, 1.54) is 11.1 Å². The summed E-state index contributed by atoms with van der Waals surface area (Å²) >= 11 is 0. The molecular weight excluding hydrogens is 208 g/mol. The Labute approximate surface area is 104 Å². The topological polar surface area (TPSA) is 8.81 Å². The third-order valence-corrected chi connectivity index (χ3v) is 4.29. The zero-order valence-electron chi connectivity index (χ0n) is 11.6. The Hall–Kier alpha value is -1.31. The molecule has 2 nitrogen and oxygen atoms in total. The van der Waals surface area contributed by atoms with Crippen LogP contribution < -0.4 is 4.57 Å². The van der Waals surface area contributed by atoms with E-state index in [0.29, 0.717) is 11.8 Å². The summed E-state index contributed by atoms with van der Waals surface area (Å²) in [6.07, 6.45) is 8.69. The Morgan fingerprint density at radius 2 is 2.00 bits per heavy atom. The van der Waals surface area contributed by atoms with Gasteiger partial charge in [-0.2, -0.15) is 0 Å². The highest BCUT2D eigenvalue weighted by Crippen LogP contribution is 2.40. The van der Waals surface area contributed by atoms with Crippen LogP contribution in [-0.4, -0.2) is 4.57 Å². The summed E-state index contributed by atoms with van der Waals surface area (Å²) in [7, 11) is 2.05. The summed E-state index contributed by atoms with van der Waals surface area (Å²) in [5, 5.41) is 0. The van der Waals surface area contributed by atoms with Gasteiger partial charge in [0.05, 0.1) is 7.05 Å². The standard InChI is InChI=1S/C15H23N2/c1-11-12(2)14(4)15(13(11)3)6-7-17-9-8-16(5)10-17/h6,8-11,13H,7H2,1-5H3/q+1/b15-6+. The van der Waals surface area contributed by atoms with E-state index in [-0.39, 0.29) is 0 Å². The molecule has 0 radical (unpaired) electrons. The molecule has 0 spiro atoms. The van der Waals surface area contributed by atoms with Crippen molar-refractivity contribution in [2.24, 2.45) is 18.9 Å². The predicted molar refractivity (Wildman–Crippen MR) is 70.4 cm³/mol. The van der Waals surface area contributed by atoms with E-state index in [1.807, 2.05) is 0 Å².